The van der Waals surface area contributed by atoms with E-state index in [-0.39, 0.29) is 10.8 Å². The van der Waals surface area contributed by atoms with Crippen molar-refractivity contribution >= 4 is 22.9 Å². The molecule has 0 saturated heterocycles. The van der Waals surface area contributed by atoms with Crippen LogP contribution in [0.2, 0.25) is 0 Å². The van der Waals surface area contributed by atoms with Crippen LogP contribution < -0.4 is 0 Å². The molecule has 0 spiro atoms. The molecule has 0 radical (unpaired) electrons. The molecule has 1 unspecified atom stereocenters. The van der Waals surface area contributed by atoms with Gasteiger partial charge < -0.3 is 4.42 Å². The quantitative estimate of drug-likeness (QED) is 0.676. The molecule has 0 saturated carbocycles. The number of furan rings is 1. The third-order valence-electron chi connectivity index (χ3n) is 2.63. The van der Waals surface area contributed by atoms with Crippen LogP contribution in [0.5, 0.6) is 0 Å². The zero-order chi connectivity index (χ0) is 12.6. The molecule has 2 aromatic heterocycles. The lowest BCUT2D eigenvalue weighted by molar-refractivity contribution is 0.490. The van der Waals surface area contributed by atoms with E-state index in [2.05, 4.69) is 32.9 Å². The minimum absolute atomic E-state index is 0.176. The number of alkyl halides is 1. The van der Waals surface area contributed by atoms with Crippen molar-refractivity contribution in [3.8, 4) is 0 Å². The van der Waals surface area contributed by atoms with Crippen LogP contribution in [0.25, 0.3) is 0 Å². The maximum absolute atomic E-state index is 6.43. The molecule has 0 aromatic carbocycles. The number of thiophene rings is 1. The normalized spacial score (nSPS) is 13.9. The Morgan fingerprint density at radius 2 is 1.88 bits per heavy atom. The molecule has 92 valence electrons. The van der Waals surface area contributed by atoms with Crippen LogP contribution >= 0.6 is 22.9 Å². The molecule has 17 heavy (non-hydrogen) atoms. The third-order valence-corrected chi connectivity index (χ3v) is 4.78. The van der Waals surface area contributed by atoms with Crippen LogP contribution in [0.15, 0.2) is 28.7 Å². The molecule has 1 nitrogen and oxygen atoms in total. The van der Waals surface area contributed by atoms with Gasteiger partial charge in [-0.2, -0.15) is 0 Å². The number of halogens is 1. The number of hydrogen-bond acceptors (Lipinski definition) is 2. The minimum Gasteiger partial charge on any atom is -0.464 e. The van der Waals surface area contributed by atoms with Gasteiger partial charge in [0.25, 0.3) is 0 Å². The molecule has 2 rings (SSSR count). The van der Waals surface area contributed by atoms with E-state index in [9.17, 15) is 0 Å². The first-order chi connectivity index (χ1) is 7.88. The van der Waals surface area contributed by atoms with Gasteiger partial charge in [-0.3, -0.25) is 0 Å². The Balaban J connectivity index is 2.26. The summed E-state index contributed by atoms with van der Waals surface area (Å²) in [5, 5.41) is -0.176. The fraction of sp³-hybridized carbons (Fsp3) is 0.429. The Bertz CT molecular complexity index is 504. The van der Waals surface area contributed by atoms with Gasteiger partial charge in [-0.25, -0.2) is 0 Å². The molecule has 0 N–H and O–H groups in total. The highest BCUT2D eigenvalue weighted by Crippen LogP contribution is 2.38. The number of hydrogen-bond donors (Lipinski definition) is 0. The number of aryl methyl sites for hydroxylation is 1. The second kappa shape index (κ2) is 4.51. The van der Waals surface area contributed by atoms with Gasteiger partial charge in [-0.05, 0) is 36.6 Å². The predicted molar refractivity (Wildman–Crippen MR) is 74.2 cm³/mol. The van der Waals surface area contributed by atoms with Crippen molar-refractivity contribution in [3.63, 3.8) is 0 Å². The van der Waals surface area contributed by atoms with Gasteiger partial charge in [0.1, 0.15) is 16.9 Å². The van der Waals surface area contributed by atoms with E-state index in [1.165, 1.54) is 4.88 Å². The highest BCUT2D eigenvalue weighted by atomic mass is 35.5. The van der Waals surface area contributed by atoms with Crippen LogP contribution in [0.3, 0.4) is 0 Å². The SMILES string of the molecule is Cc1ccc(C(Cl)c2ccc(C(C)(C)C)s2)o1. The van der Waals surface area contributed by atoms with Crippen molar-refractivity contribution in [2.45, 2.75) is 38.5 Å². The molecule has 0 amide bonds. The summed E-state index contributed by atoms with van der Waals surface area (Å²) in [6.45, 7) is 8.57. The molecule has 0 aliphatic heterocycles. The van der Waals surface area contributed by atoms with Crippen molar-refractivity contribution in [2.75, 3.05) is 0 Å². The minimum atomic E-state index is -0.176. The summed E-state index contributed by atoms with van der Waals surface area (Å²) in [5.74, 6) is 1.73. The van der Waals surface area contributed by atoms with Gasteiger partial charge in [0.2, 0.25) is 0 Å². The van der Waals surface area contributed by atoms with Gasteiger partial charge in [0, 0.05) is 9.75 Å². The van der Waals surface area contributed by atoms with Gasteiger partial charge >= 0.3 is 0 Å². The zero-order valence-corrected chi connectivity index (χ0v) is 12.2. The van der Waals surface area contributed by atoms with Gasteiger partial charge in [0.05, 0.1) is 0 Å². The summed E-state index contributed by atoms with van der Waals surface area (Å²) in [6, 6.07) is 8.15. The summed E-state index contributed by atoms with van der Waals surface area (Å²) in [7, 11) is 0. The largest absolute Gasteiger partial charge is 0.464 e. The standard InChI is InChI=1S/C14H17ClOS/c1-9-5-6-10(16-9)13(15)11-7-8-12(17-11)14(2,3)4/h5-8,13H,1-4H3. The van der Waals surface area contributed by atoms with Gasteiger partial charge in [-0.1, -0.05) is 20.8 Å². The first kappa shape index (κ1) is 12.7. The lowest BCUT2D eigenvalue weighted by Gasteiger charge is -2.15. The van der Waals surface area contributed by atoms with Gasteiger partial charge in [-0.15, -0.1) is 22.9 Å². The Morgan fingerprint density at radius 1 is 1.18 bits per heavy atom. The summed E-state index contributed by atoms with van der Waals surface area (Å²) in [4.78, 5) is 2.49. The molecule has 1 atom stereocenters. The van der Waals surface area contributed by atoms with Crippen LogP contribution in [0, 0.1) is 6.92 Å². The van der Waals surface area contributed by atoms with E-state index >= 15 is 0 Å². The molecule has 2 aromatic rings. The average molecular weight is 269 g/mol. The van der Waals surface area contributed by atoms with Crippen molar-refractivity contribution in [1.29, 1.82) is 0 Å². The van der Waals surface area contributed by atoms with E-state index in [1.807, 2.05) is 19.1 Å². The summed E-state index contributed by atoms with van der Waals surface area (Å²) in [5.41, 5.74) is 0.179. The fourth-order valence-electron chi connectivity index (χ4n) is 1.62. The maximum Gasteiger partial charge on any atom is 0.127 e. The second-order valence-electron chi connectivity index (χ2n) is 5.26. The maximum atomic E-state index is 6.43. The topological polar surface area (TPSA) is 13.1 Å². The van der Waals surface area contributed by atoms with Gasteiger partial charge in [0.15, 0.2) is 0 Å². The smallest absolute Gasteiger partial charge is 0.127 e. The lowest BCUT2D eigenvalue weighted by atomic mass is 9.95. The van der Waals surface area contributed by atoms with Crippen molar-refractivity contribution < 1.29 is 4.42 Å². The molecular weight excluding hydrogens is 252 g/mol. The van der Waals surface area contributed by atoms with E-state index < -0.39 is 0 Å². The van der Waals surface area contributed by atoms with Crippen LogP contribution in [0.4, 0.5) is 0 Å². The highest BCUT2D eigenvalue weighted by Gasteiger charge is 2.21. The first-order valence-corrected chi connectivity index (χ1v) is 6.94. The monoisotopic (exact) mass is 268 g/mol. The second-order valence-corrected chi connectivity index (χ2v) is 6.81. The Hall–Kier alpha value is -0.730. The van der Waals surface area contributed by atoms with Crippen LogP contribution in [-0.2, 0) is 5.41 Å². The van der Waals surface area contributed by atoms with Crippen molar-refractivity contribution in [3.05, 3.63) is 45.5 Å². The molecule has 2 heterocycles. The van der Waals surface area contributed by atoms with Crippen molar-refractivity contribution in [2.24, 2.45) is 0 Å². The fourth-order valence-corrected chi connectivity index (χ4v) is 3.00. The number of rotatable bonds is 2. The van der Waals surface area contributed by atoms with E-state index in [4.69, 9.17) is 16.0 Å². The van der Waals surface area contributed by atoms with Crippen LogP contribution in [0.1, 0.15) is 47.4 Å². The Labute approximate surface area is 111 Å². The molecule has 0 aliphatic rings. The molecule has 3 heteroatoms. The van der Waals surface area contributed by atoms with E-state index in [0.717, 1.165) is 16.4 Å². The third kappa shape index (κ3) is 2.75. The first-order valence-electron chi connectivity index (χ1n) is 5.68. The average Bonchev–Trinajstić information content (AvgIpc) is 2.83. The molecule has 0 aliphatic carbocycles. The summed E-state index contributed by atoms with van der Waals surface area (Å²) >= 11 is 8.19. The predicted octanol–water partition coefficient (Wildman–Crippen LogP) is 5.28. The molecule has 0 fully saturated rings. The summed E-state index contributed by atoms with van der Waals surface area (Å²) < 4.78 is 5.57. The molecular formula is C14H17ClOS. The Morgan fingerprint density at radius 3 is 2.35 bits per heavy atom. The summed E-state index contributed by atoms with van der Waals surface area (Å²) in [6.07, 6.45) is 0. The van der Waals surface area contributed by atoms with E-state index in [1.54, 1.807) is 11.3 Å². The molecule has 0 bridgehead atoms. The van der Waals surface area contributed by atoms with Crippen LogP contribution in [-0.4, -0.2) is 0 Å². The Kier molecular flexibility index (Phi) is 3.37. The lowest BCUT2D eigenvalue weighted by Crippen LogP contribution is -2.07. The van der Waals surface area contributed by atoms with Crippen molar-refractivity contribution in [1.82, 2.24) is 0 Å². The van der Waals surface area contributed by atoms with E-state index in [0.29, 0.717) is 0 Å². The zero-order valence-electron chi connectivity index (χ0n) is 10.6. The highest BCUT2D eigenvalue weighted by molar-refractivity contribution is 7.12.